The van der Waals surface area contributed by atoms with Crippen molar-refractivity contribution in [1.82, 2.24) is 15.2 Å². The molecule has 1 atom stereocenters. The first-order valence-electron chi connectivity index (χ1n) is 13.4. The number of amides is 1. The lowest BCUT2D eigenvalue weighted by molar-refractivity contribution is -0.295. The fraction of sp³-hybridized carbons (Fsp3) is 0.414. The first kappa shape index (κ1) is 32.6. The van der Waals surface area contributed by atoms with Crippen LogP contribution in [0.3, 0.4) is 0 Å². The van der Waals surface area contributed by atoms with Gasteiger partial charge in [0, 0.05) is 12.8 Å². The van der Waals surface area contributed by atoms with Crippen molar-refractivity contribution in [2.24, 2.45) is 0 Å². The highest BCUT2D eigenvalue weighted by Gasteiger charge is 2.61. The maximum atomic E-state index is 14.9. The highest BCUT2D eigenvalue weighted by Crippen LogP contribution is 2.46. The number of nitrogens with zero attached hydrogens (tertiary/aromatic N) is 3. The SMILES string of the molecule is CC(C)(C)OC(=O)Nc1cc(C(F)(F)F)c2nc1-c1nnc(o1)C(OCc1ccccc1)(C(F)(F)F)C/C=C/CCCC2=O. The van der Waals surface area contributed by atoms with E-state index in [9.17, 15) is 35.9 Å². The van der Waals surface area contributed by atoms with Crippen molar-refractivity contribution in [3.8, 4) is 11.6 Å². The van der Waals surface area contributed by atoms with Crippen LogP contribution in [0.5, 0.6) is 0 Å². The second-order valence-electron chi connectivity index (χ2n) is 10.9. The van der Waals surface area contributed by atoms with Gasteiger partial charge in [-0.1, -0.05) is 42.5 Å². The lowest BCUT2D eigenvalue weighted by Crippen LogP contribution is -2.45. The predicted octanol–water partition coefficient (Wildman–Crippen LogP) is 7.78. The van der Waals surface area contributed by atoms with Gasteiger partial charge in [0.25, 0.3) is 11.8 Å². The molecule has 9 nitrogen and oxygen atoms in total. The van der Waals surface area contributed by atoms with E-state index in [1.807, 2.05) is 0 Å². The minimum atomic E-state index is -5.11. The molecule has 0 saturated carbocycles. The first-order chi connectivity index (χ1) is 20.5. The van der Waals surface area contributed by atoms with Gasteiger partial charge in [-0.3, -0.25) is 10.1 Å². The molecule has 1 amide bonds. The minimum absolute atomic E-state index is 0.0177. The molecule has 236 valence electrons. The van der Waals surface area contributed by atoms with E-state index in [2.05, 4.69) is 20.5 Å². The average Bonchev–Trinajstić information content (AvgIpc) is 3.40. The Morgan fingerprint density at radius 2 is 1.73 bits per heavy atom. The maximum Gasteiger partial charge on any atom is 0.426 e. The summed E-state index contributed by atoms with van der Waals surface area (Å²) in [6, 6.07) is 8.45. The number of allylic oxidation sites excluding steroid dienone is 1. The number of ketones is 1. The molecule has 44 heavy (non-hydrogen) atoms. The Labute approximate surface area is 247 Å². The summed E-state index contributed by atoms with van der Waals surface area (Å²) >= 11 is 0. The maximum absolute atomic E-state index is 14.9. The Morgan fingerprint density at radius 1 is 1.02 bits per heavy atom. The smallest absolute Gasteiger partial charge is 0.426 e. The van der Waals surface area contributed by atoms with Crippen molar-refractivity contribution >= 4 is 17.6 Å². The van der Waals surface area contributed by atoms with Gasteiger partial charge < -0.3 is 13.9 Å². The van der Waals surface area contributed by atoms with Gasteiger partial charge in [-0.2, -0.15) is 26.3 Å². The Hall–Kier alpha value is -4.27. The van der Waals surface area contributed by atoms with Gasteiger partial charge in [-0.15, -0.1) is 10.2 Å². The molecule has 2 aromatic heterocycles. The van der Waals surface area contributed by atoms with Crippen LogP contribution in [0.25, 0.3) is 11.6 Å². The summed E-state index contributed by atoms with van der Waals surface area (Å²) in [4.78, 5) is 29.3. The standard InChI is InChI=1S/C29H28F6N4O5/c1-26(2,3)44-25(41)36-19-15-18(28(30,31)32)21-20(40)13-9-4-5-10-14-27(29(33,34)35,42-16-17-11-7-6-8-12-17)24-39-38-23(43-24)22(19)37-21/h5-8,10-12,15H,4,9,13-14,16H2,1-3H3,(H,36,41)/b10-5+. The molecule has 0 saturated heterocycles. The second-order valence-corrected chi connectivity index (χ2v) is 10.9. The van der Waals surface area contributed by atoms with Crippen LogP contribution in [0, 0.1) is 0 Å². The fourth-order valence-electron chi connectivity index (χ4n) is 4.27. The number of benzene rings is 1. The molecular weight excluding hydrogens is 598 g/mol. The van der Waals surface area contributed by atoms with Gasteiger partial charge in [0.2, 0.25) is 5.60 Å². The topological polar surface area (TPSA) is 116 Å². The van der Waals surface area contributed by atoms with E-state index in [0.29, 0.717) is 11.6 Å². The summed E-state index contributed by atoms with van der Waals surface area (Å²) in [6.07, 6.45) is -9.99. The summed E-state index contributed by atoms with van der Waals surface area (Å²) in [5, 5.41) is 9.32. The van der Waals surface area contributed by atoms with Gasteiger partial charge in [0.15, 0.2) is 11.5 Å². The quantitative estimate of drug-likeness (QED) is 0.231. The number of ether oxygens (including phenoxy) is 2. The molecule has 1 aliphatic rings. The molecular formula is C29H28F6N4O5. The number of alkyl halides is 6. The van der Waals surface area contributed by atoms with Crippen molar-refractivity contribution in [1.29, 1.82) is 0 Å². The van der Waals surface area contributed by atoms with Crippen molar-refractivity contribution in [3.63, 3.8) is 0 Å². The molecule has 0 aliphatic carbocycles. The third kappa shape index (κ3) is 7.44. The van der Waals surface area contributed by atoms with Gasteiger partial charge in [-0.05, 0) is 45.2 Å². The molecule has 1 N–H and O–H groups in total. The highest BCUT2D eigenvalue weighted by atomic mass is 19.4. The van der Waals surface area contributed by atoms with E-state index < -0.39 is 89.3 Å². The number of nitrogens with one attached hydrogen (secondary N) is 1. The number of aromatic nitrogens is 3. The number of rotatable bonds is 4. The van der Waals surface area contributed by atoms with Gasteiger partial charge in [-0.25, -0.2) is 9.78 Å². The van der Waals surface area contributed by atoms with Gasteiger partial charge >= 0.3 is 18.4 Å². The molecule has 0 fully saturated rings. The molecule has 0 radical (unpaired) electrons. The highest BCUT2D eigenvalue weighted by molar-refractivity contribution is 5.98. The average molecular weight is 627 g/mol. The summed E-state index contributed by atoms with van der Waals surface area (Å²) in [5.41, 5.74) is -7.68. The van der Waals surface area contributed by atoms with Crippen LogP contribution >= 0.6 is 0 Å². The van der Waals surface area contributed by atoms with Crippen LogP contribution in [0.4, 0.5) is 36.8 Å². The molecule has 3 aromatic rings. The number of carbonyl (C=O) groups excluding carboxylic acids is 2. The van der Waals surface area contributed by atoms with Gasteiger partial charge in [0.05, 0.1) is 17.9 Å². The van der Waals surface area contributed by atoms with E-state index >= 15 is 0 Å². The largest absolute Gasteiger partial charge is 0.444 e. The fourth-order valence-corrected chi connectivity index (χ4v) is 4.27. The lowest BCUT2D eigenvalue weighted by atomic mass is 9.97. The second kappa shape index (κ2) is 12.4. The van der Waals surface area contributed by atoms with Crippen molar-refractivity contribution in [2.75, 3.05) is 5.32 Å². The van der Waals surface area contributed by atoms with Crippen molar-refractivity contribution in [2.45, 2.75) is 76.6 Å². The monoisotopic (exact) mass is 626 g/mol. The zero-order valence-corrected chi connectivity index (χ0v) is 23.8. The summed E-state index contributed by atoms with van der Waals surface area (Å²) in [7, 11) is 0. The van der Waals surface area contributed by atoms with Crippen LogP contribution in [0.2, 0.25) is 0 Å². The summed E-state index contributed by atoms with van der Waals surface area (Å²) < 4.78 is 103. The molecule has 4 bridgehead atoms. The molecule has 1 unspecified atom stereocenters. The van der Waals surface area contributed by atoms with Crippen molar-refractivity contribution < 1.29 is 49.8 Å². The van der Waals surface area contributed by atoms with E-state index in [1.54, 1.807) is 30.3 Å². The number of carbonyl (C=O) groups is 2. The van der Waals surface area contributed by atoms with Crippen LogP contribution in [-0.2, 0) is 27.9 Å². The third-order valence-electron chi connectivity index (χ3n) is 6.33. The third-order valence-corrected chi connectivity index (χ3v) is 6.33. The van der Waals surface area contributed by atoms with Crippen LogP contribution in [-0.4, -0.2) is 38.8 Å². The molecule has 15 heteroatoms. The molecule has 1 aromatic carbocycles. The van der Waals surface area contributed by atoms with Crippen molar-refractivity contribution in [3.05, 3.63) is 71.3 Å². The Bertz CT molecular complexity index is 1530. The van der Waals surface area contributed by atoms with Crippen LogP contribution < -0.4 is 5.32 Å². The number of hydrogen-bond donors (Lipinski definition) is 1. The minimum Gasteiger partial charge on any atom is -0.444 e. The van der Waals surface area contributed by atoms with Crippen LogP contribution in [0.1, 0.15) is 74.0 Å². The molecule has 4 rings (SSSR count). The predicted molar refractivity (Wildman–Crippen MR) is 143 cm³/mol. The number of pyridine rings is 1. The Kier molecular flexibility index (Phi) is 9.18. The zero-order chi connectivity index (χ0) is 32.3. The van der Waals surface area contributed by atoms with Crippen LogP contribution in [0.15, 0.2) is 53.0 Å². The summed E-state index contributed by atoms with van der Waals surface area (Å²) in [5.74, 6) is -2.84. The van der Waals surface area contributed by atoms with Gasteiger partial charge in [0.1, 0.15) is 11.3 Å². The molecule has 1 aliphatic heterocycles. The van der Waals surface area contributed by atoms with E-state index in [-0.39, 0.29) is 12.8 Å². The number of Topliss-reactive ketones (excluding diaryl/α,β-unsaturated/α-hetero) is 1. The van der Waals surface area contributed by atoms with E-state index in [4.69, 9.17) is 13.9 Å². The Balaban J connectivity index is 1.92. The van der Waals surface area contributed by atoms with E-state index in [0.717, 1.165) is 0 Å². The normalized spacial score (nSPS) is 18.8. The number of fused-ring (bicyclic) bond motifs is 5. The molecule has 0 spiro atoms. The zero-order valence-electron chi connectivity index (χ0n) is 23.8. The number of anilines is 1. The molecule has 3 heterocycles. The summed E-state index contributed by atoms with van der Waals surface area (Å²) in [6.45, 7) is 4.01. The lowest BCUT2D eigenvalue weighted by Gasteiger charge is -2.31. The number of hydrogen-bond acceptors (Lipinski definition) is 8. The Morgan fingerprint density at radius 3 is 2.36 bits per heavy atom. The van der Waals surface area contributed by atoms with E-state index in [1.165, 1.54) is 32.9 Å². The number of halogens is 6. The first-order valence-corrected chi connectivity index (χ1v) is 13.4.